The maximum Gasteiger partial charge on any atom is 0.0672 e. The quantitative estimate of drug-likeness (QED) is 0.775. The summed E-state index contributed by atoms with van der Waals surface area (Å²) in [6.07, 6.45) is 8.78. The van der Waals surface area contributed by atoms with Crippen molar-refractivity contribution in [1.29, 1.82) is 5.26 Å². The number of nitrogens with one attached hydrogen (secondary N) is 1. The molecule has 2 aliphatic rings. The predicted octanol–water partition coefficient (Wildman–Crippen LogP) is 3.24. The van der Waals surface area contributed by atoms with Gasteiger partial charge in [0.1, 0.15) is 0 Å². The molecule has 0 radical (unpaired) electrons. The molecule has 2 heteroatoms. The van der Waals surface area contributed by atoms with Crippen LogP contribution in [0.25, 0.3) is 0 Å². The molecule has 0 spiro atoms. The Labute approximate surface area is 99.4 Å². The van der Waals surface area contributed by atoms with E-state index in [1.54, 1.807) is 0 Å². The molecule has 0 aromatic carbocycles. The zero-order valence-corrected chi connectivity index (χ0v) is 10.6. The Hall–Kier alpha value is -0.550. The summed E-state index contributed by atoms with van der Waals surface area (Å²) < 4.78 is 0. The summed E-state index contributed by atoms with van der Waals surface area (Å²) >= 11 is 0. The lowest BCUT2D eigenvalue weighted by molar-refractivity contribution is 0.195. The molecule has 1 N–H and O–H groups in total. The average Bonchev–Trinajstić information content (AvgIpc) is 2.68. The van der Waals surface area contributed by atoms with Crippen LogP contribution in [0, 0.1) is 22.7 Å². The highest BCUT2D eigenvalue weighted by Crippen LogP contribution is 2.36. The molecule has 2 fully saturated rings. The minimum atomic E-state index is 0.273. The molecule has 0 aromatic heterocycles. The highest BCUT2D eigenvalue weighted by molar-refractivity contribution is 4.98. The van der Waals surface area contributed by atoms with E-state index in [-0.39, 0.29) is 5.92 Å². The van der Waals surface area contributed by atoms with Crippen LogP contribution in [0.2, 0.25) is 0 Å². The first kappa shape index (κ1) is 11.9. The molecular formula is C14H24N2. The fourth-order valence-corrected chi connectivity index (χ4v) is 3.18. The Morgan fingerprint density at radius 2 is 1.81 bits per heavy atom. The van der Waals surface area contributed by atoms with Crippen molar-refractivity contribution in [2.75, 3.05) is 0 Å². The Balaban J connectivity index is 1.81. The number of hydrogen-bond acceptors (Lipinski definition) is 2. The smallest absolute Gasteiger partial charge is 0.0672 e. The van der Waals surface area contributed by atoms with Crippen LogP contribution in [0.4, 0.5) is 0 Å². The number of hydrogen-bond donors (Lipinski definition) is 1. The van der Waals surface area contributed by atoms with Gasteiger partial charge in [-0.3, -0.25) is 0 Å². The lowest BCUT2D eigenvalue weighted by atomic mass is 9.75. The van der Waals surface area contributed by atoms with Crippen molar-refractivity contribution in [2.45, 2.75) is 70.9 Å². The monoisotopic (exact) mass is 220 g/mol. The lowest BCUT2D eigenvalue weighted by Gasteiger charge is -2.36. The van der Waals surface area contributed by atoms with Crippen molar-refractivity contribution in [1.82, 2.24) is 5.32 Å². The van der Waals surface area contributed by atoms with Gasteiger partial charge < -0.3 is 5.32 Å². The Kier molecular flexibility index (Phi) is 3.54. The van der Waals surface area contributed by atoms with Crippen molar-refractivity contribution in [3.63, 3.8) is 0 Å². The first-order chi connectivity index (χ1) is 7.61. The number of nitriles is 1. The lowest BCUT2D eigenvalue weighted by Crippen LogP contribution is -2.43. The van der Waals surface area contributed by atoms with Crippen molar-refractivity contribution in [3.8, 4) is 6.07 Å². The summed E-state index contributed by atoms with van der Waals surface area (Å²) in [5.74, 6) is 0.273. The third-order valence-corrected chi connectivity index (χ3v) is 4.47. The van der Waals surface area contributed by atoms with E-state index in [2.05, 4.69) is 25.2 Å². The van der Waals surface area contributed by atoms with Crippen LogP contribution in [-0.2, 0) is 0 Å². The van der Waals surface area contributed by atoms with Gasteiger partial charge in [-0.15, -0.1) is 0 Å². The van der Waals surface area contributed by atoms with Gasteiger partial charge in [-0.05, 0) is 43.9 Å². The van der Waals surface area contributed by atoms with Gasteiger partial charge >= 0.3 is 0 Å². The van der Waals surface area contributed by atoms with Crippen molar-refractivity contribution < 1.29 is 0 Å². The first-order valence-corrected chi connectivity index (χ1v) is 6.76. The van der Waals surface area contributed by atoms with Crippen LogP contribution in [0.1, 0.15) is 58.8 Å². The molecule has 2 saturated carbocycles. The fourth-order valence-electron chi connectivity index (χ4n) is 3.18. The molecule has 0 heterocycles. The van der Waals surface area contributed by atoms with E-state index < -0.39 is 0 Å². The molecule has 2 atom stereocenters. The first-order valence-electron chi connectivity index (χ1n) is 6.76. The van der Waals surface area contributed by atoms with Gasteiger partial charge in [0.2, 0.25) is 0 Å². The van der Waals surface area contributed by atoms with Crippen molar-refractivity contribution in [2.24, 2.45) is 11.3 Å². The van der Waals surface area contributed by atoms with Crippen LogP contribution in [0.3, 0.4) is 0 Å². The fraction of sp³-hybridized carbons (Fsp3) is 0.929. The molecule has 0 saturated heterocycles. The van der Waals surface area contributed by atoms with E-state index in [0.717, 1.165) is 6.42 Å². The molecular weight excluding hydrogens is 196 g/mol. The minimum Gasteiger partial charge on any atom is -0.310 e. The molecule has 2 rings (SSSR count). The van der Waals surface area contributed by atoms with Gasteiger partial charge in [0.15, 0.2) is 0 Å². The number of nitrogens with zero attached hydrogens (tertiary/aromatic N) is 1. The summed E-state index contributed by atoms with van der Waals surface area (Å²) in [4.78, 5) is 0. The Morgan fingerprint density at radius 1 is 1.12 bits per heavy atom. The maximum atomic E-state index is 9.06. The van der Waals surface area contributed by atoms with Gasteiger partial charge in [-0.25, -0.2) is 0 Å². The van der Waals surface area contributed by atoms with Gasteiger partial charge in [-0.1, -0.05) is 20.3 Å². The van der Waals surface area contributed by atoms with Crippen LogP contribution in [0.15, 0.2) is 0 Å². The standard InChI is InChI=1S/C14H24N2/c1-14(2)8-6-12(7-9-14)16-13-5-3-4-11(13)10-15/h11-13,16H,3-9H2,1-2H3. The van der Waals surface area contributed by atoms with Gasteiger partial charge in [0.25, 0.3) is 0 Å². The zero-order valence-electron chi connectivity index (χ0n) is 10.6. The second-order valence-corrected chi connectivity index (χ2v) is 6.38. The molecule has 90 valence electrons. The highest BCUT2D eigenvalue weighted by Gasteiger charge is 2.32. The van der Waals surface area contributed by atoms with E-state index in [1.165, 1.54) is 38.5 Å². The van der Waals surface area contributed by atoms with Crippen LogP contribution in [0.5, 0.6) is 0 Å². The van der Waals surface area contributed by atoms with E-state index in [4.69, 9.17) is 5.26 Å². The molecule has 16 heavy (non-hydrogen) atoms. The SMILES string of the molecule is CC1(C)CCC(NC2CCCC2C#N)CC1. The van der Waals surface area contributed by atoms with E-state index in [0.29, 0.717) is 17.5 Å². The summed E-state index contributed by atoms with van der Waals surface area (Å²) in [6, 6.07) is 3.61. The van der Waals surface area contributed by atoms with E-state index in [1.807, 2.05) is 0 Å². The third-order valence-electron chi connectivity index (χ3n) is 4.47. The average molecular weight is 220 g/mol. The second-order valence-electron chi connectivity index (χ2n) is 6.38. The largest absolute Gasteiger partial charge is 0.310 e. The Morgan fingerprint density at radius 3 is 2.44 bits per heavy atom. The summed E-state index contributed by atoms with van der Waals surface area (Å²) in [5, 5.41) is 12.8. The third kappa shape index (κ3) is 2.77. The molecule has 0 aromatic rings. The number of rotatable bonds is 2. The molecule has 0 bridgehead atoms. The maximum absolute atomic E-state index is 9.06. The molecule has 0 amide bonds. The van der Waals surface area contributed by atoms with Gasteiger partial charge in [0, 0.05) is 12.1 Å². The molecule has 2 aliphatic carbocycles. The van der Waals surface area contributed by atoms with Gasteiger partial charge in [0.05, 0.1) is 12.0 Å². The van der Waals surface area contributed by atoms with Crippen molar-refractivity contribution in [3.05, 3.63) is 0 Å². The van der Waals surface area contributed by atoms with Crippen LogP contribution >= 0.6 is 0 Å². The van der Waals surface area contributed by atoms with Crippen molar-refractivity contribution >= 4 is 0 Å². The summed E-state index contributed by atoms with van der Waals surface area (Å²) in [6.45, 7) is 4.74. The Bertz CT molecular complexity index is 267. The minimum absolute atomic E-state index is 0.273. The molecule has 0 aliphatic heterocycles. The molecule has 2 unspecified atom stereocenters. The van der Waals surface area contributed by atoms with Crippen LogP contribution in [-0.4, -0.2) is 12.1 Å². The topological polar surface area (TPSA) is 35.8 Å². The highest BCUT2D eigenvalue weighted by atomic mass is 15.0. The molecule has 2 nitrogen and oxygen atoms in total. The van der Waals surface area contributed by atoms with E-state index >= 15 is 0 Å². The van der Waals surface area contributed by atoms with Gasteiger partial charge in [-0.2, -0.15) is 5.26 Å². The summed E-state index contributed by atoms with van der Waals surface area (Å²) in [5.41, 5.74) is 0.544. The second kappa shape index (κ2) is 4.75. The predicted molar refractivity (Wildman–Crippen MR) is 65.9 cm³/mol. The van der Waals surface area contributed by atoms with E-state index in [9.17, 15) is 0 Å². The van der Waals surface area contributed by atoms with Crippen LogP contribution < -0.4 is 5.32 Å². The normalized spacial score (nSPS) is 34.8. The zero-order chi connectivity index (χ0) is 11.6. The summed E-state index contributed by atoms with van der Waals surface area (Å²) in [7, 11) is 0.